The molecule has 0 aliphatic rings. The third-order valence-electron chi connectivity index (χ3n) is 1.97. The van der Waals surface area contributed by atoms with Crippen LogP contribution in [0, 0.1) is 0 Å². The molecule has 0 aromatic carbocycles. The molecule has 2 heterocycles. The van der Waals surface area contributed by atoms with E-state index in [9.17, 15) is 0 Å². The Balaban J connectivity index is 2.11. The first-order valence-corrected chi connectivity index (χ1v) is 5.78. The van der Waals surface area contributed by atoms with Crippen LogP contribution in [0.3, 0.4) is 0 Å². The summed E-state index contributed by atoms with van der Waals surface area (Å²) in [6.07, 6.45) is 0. The second-order valence-corrected chi connectivity index (χ2v) is 4.26. The molecule has 0 atom stereocenters. The lowest BCUT2D eigenvalue weighted by atomic mass is 10.4. The molecule has 0 radical (unpaired) electrons. The van der Waals surface area contributed by atoms with E-state index in [4.69, 9.17) is 11.6 Å². The van der Waals surface area contributed by atoms with Gasteiger partial charge >= 0.3 is 0 Å². The van der Waals surface area contributed by atoms with Crippen molar-refractivity contribution in [2.75, 3.05) is 11.9 Å². The number of hydrogen-bond donors (Lipinski definition) is 0. The molecule has 0 amide bonds. The van der Waals surface area contributed by atoms with Crippen LogP contribution >= 0.6 is 22.9 Å². The Kier molecular flexibility index (Phi) is 3.18. The van der Waals surface area contributed by atoms with Gasteiger partial charge in [-0.2, -0.15) is 0 Å². The summed E-state index contributed by atoms with van der Waals surface area (Å²) in [6, 6.07) is 5.59. The molecule has 2 aromatic heterocycles. The molecule has 0 spiro atoms. The lowest BCUT2D eigenvalue weighted by Crippen LogP contribution is -2.17. The van der Waals surface area contributed by atoms with Crippen molar-refractivity contribution in [3.8, 4) is 0 Å². The van der Waals surface area contributed by atoms with Gasteiger partial charge in [0.05, 0.1) is 17.7 Å². The van der Waals surface area contributed by atoms with Gasteiger partial charge in [0.15, 0.2) is 0 Å². The highest BCUT2D eigenvalue weighted by molar-refractivity contribution is 7.07. The molecule has 2 aromatic rings. The predicted molar refractivity (Wildman–Crippen MR) is 63.5 cm³/mol. The maximum atomic E-state index is 5.82. The van der Waals surface area contributed by atoms with E-state index < -0.39 is 0 Å². The molecule has 0 saturated carbocycles. The van der Waals surface area contributed by atoms with Crippen molar-refractivity contribution in [2.45, 2.75) is 6.54 Å². The quantitative estimate of drug-likeness (QED) is 0.772. The summed E-state index contributed by atoms with van der Waals surface area (Å²) in [5.41, 5.74) is 2.87. The summed E-state index contributed by atoms with van der Waals surface area (Å²) >= 11 is 7.42. The van der Waals surface area contributed by atoms with Crippen LogP contribution < -0.4 is 4.90 Å². The van der Waals surface area contributed by atoms with Gasteiger partial charge in [-0.1, -0.05) is 17.7 Å². The molecule has 2 rings (SSSR count). The van der Waals surface area contributed by atoms with Gasteiger partial charge in [-0.15, -0.1) is 11.3 Å². The molecule has 0 aliphatic carbocycles. The molecule has 0 fully saturated rings. The highest BCUT2D eigenvalue weighted by atomic mass is 35.5. The number of rotatable bonds is 3. The monoisotopic (exact) mass is 239 g/mol. The fourth-order valence-corrected chi connectivity index (χ4v) is 1.96. The zero-order valence-corrected chi connectivity index (χ0v) is 9.79. The number of nitrogens with zero attached hydrogens (tertiary/aromatic N) is 3. The van der Waals surface area contributed by atoms with E-state index in [2.05, 4.69) is 9.97 Å². The van der Waals surface area contributed by atoms with Crippen LogP contribution in [0.4, 0.5) is 5.82 Å². The van der Waals surface area contributed by atoms with Gasteiger partial charge in [0.1, 0.15) is 11.0 Å². The van der Waals surface area contributed by atoms with Crippen LogP contribution in [-0.4, -0.2) is 17.0 Å². The molecule has 78 valence electrons. The fraction of sp³-hybridized carbons (Fsp3) is 0.200. The Labute approximate surface area is 97.4 Å². The predicted octanol–water partition coefficient (Wildman–Crippen LogP) is 2.83. The number of pyridine rings is 1. The first-order chi connectivity index (χ1) is 7.25. The first kappa shape index (κ1) is 10.4. The molecule has 0 aliphatic heterocycles. The molecular weight excluding hydrogens is 230 g/mol. The Morgan fingerprint density at radius 3 is 3.00 bits per heavy atom. The maximum absolute atomic E-state index is 5.82. The lowest BCUT2D eigenvalue weighted by Gasteiger charge is -2.16. The van der Waals surface area contributed by atoms with Gasteiger partial charge in [-0.05, 0) is 12.1 Å². The van der Waals surface area contributed by atoms with Crippen molar-refractivity contribution in [2.24, 2.45) is 0 Å². The molecule has 3 nitrogen and oxygen atoms in total. The SMILES string of the molecule is CN(Cc1cscn1)c1cccc(Cl)n1. The molecule has 0 unspecified atom stereocenters. The average Bonchev–Trinajstić information content (AvgIpc) is 2.70. The Morgan fingerprint density at radius 2 is 2.33 bits per heavy atom. The number of hydrogen-bond acceptors (Lipinski definition) is 4. The molecular formula is C10H10ClN3S. The molecule has 15 heavy (non-hydrogen) atoms. The average molecular weight is 240 g/mol. The zero-order chi connectivity index (χ0) is 10.7. The van der Waals surface area contributed by atoms with Crippen LogP contribution in [0.25, 0.3) is 0 Å². The minimum absolute atomic E-state index is 0.512. The fourth-order valence-electron chi connectivity index (χ4n) is 1.25. The maximum Gasteiger partial charge on any atom is 0.131 e. The number of aromatic nitrogens is 2. The second-order valence-electron chi connectivity index (χ2n) is 3.15. The molecule has 0 saturated heterocycles. The molecule has 5 heteroatoms. The first-order valence-electron chi connectivity index (χ1n) is 4.46. The largest absolute Gasteiger partial charge is 0.354 e. The molecule has 0 bridgehead atoms. The lowest BCUT2D eigenvalue weighted by molar-refractivity contribution is 0.874. The van der Waals surface area contributed by atoms with Crippen molar-refractivity contribution < 1.29 is 0 Å². The smallest absolute Gasteiger partial charge is 0.131 e. The number of thiazole rings is 1. The van der Waals surface area contributed by atoms with Crippen LogP contribution in [0.15, 0.2) is 29.1 Å². The highest BCUT2D eigenvalue weighted by Crippen LogP contribution is 2.15. The van der Waals surface area contributed by atoms with E-state index in [1.165, 1.54) is 0 Å². The van der Waals surface area contributed by atoms with Crippen LogP contribution in [0.2, 0.25) is 5.15 Å². The summed E-state index contributed by atoms with van der Waals surface area (Å²) in [7, 11) is 1.97. The van der Waals surface area contributed by atoms with Crippen molar-refractivity contribution in [1.82, 2.24) is 9.97 Å². The second kappa shape index (κ2) is 4.59. The van der Waals surface area contributed by atoms with E-state index in [0.29, 0.717) is 5.15 Å². The third kappa shape index (κ3) is 2.67. The summed E-state index contributed by atoms with van der Waals surface area (Å²) in [5, 5.41) is 2.54. The van der Waals surface area contributed by atoms with Crippen molar-refractivity contribution in [3.63, 3.8) is 0 Å². The Hall–Kier alpha value is -1.13. The standard InChI is InChI=1S/C10H10ClN3S/c1-14(5-8-6-15-7-12-8)10-4-2-3-9(11)13-10/h2-4,6-7H,5H2,1H3. The minimum atomic E-state index is 0.512. The van der Waals surface area contributed by atoms with Crippen molar-refractivity contribution in [3.05, 3.63) is 39.9 Å². The third-order valence-corrected chi connectivity index (χ3v) is 2.82. The van der Waals surface area contributed by atoms with Crippen molar-refractivity contribution in [1.29, 1.82) is 0 Å². The summed E-state index contributed by atoms with van der Waals surface area (Å²) in [4.78, 5) is 10.5. The van der Waals surface area contributed by atoms with Gasteiger partial charge in [-0.3, -0.25) is 0 Å². The van der Waals surface area contributed by atoms with E-state index in [1.807, 2.05) is 35.0 Å². The van der Waals surface area contributed by atoms with E-state index >= 15 is 0 Å². The number of halogens is 1. The van der Waals surface area contributed by atoms with Crippen LogP contribution in [0.5, 0.6) is 0 Å². The van der Waals surface area contributed by atoms with Gasteiger partial charge in [0, 0.05) is 12.4 Å². The summed E-state index contributed by atoms with van der Waals surface area (Å²) in [6.45, 7) is 0.747. The minimum Gasteiger partial charge on any atom is -0.354 e. The summed E-state index contributed by atoms with van der Waals surface area (Å²) in [5.74, 6) is 0.857. The van der Waals surface area contributed by atoms with E-state index in [-0.39, 0.29) is 0 Å². The highest BCUT2D eigenvalue weighted by Gasteiger charge is 2.04. The van der Waals surface area contributed by atoms with Crippen LogP contribution in [0.1, 0.15) is 5.69 Å². The summed E-state index contributed by atoms with van der Waals surface area (Å²) < 4.78 is 0. The van der Waals surface area contributed by atoms with Gasteiger partial charge in [-0.25, -0.2) is 9.97 Å². The number of anilines is 1. The van der Waals surface area contributed by atoms with Gasteiger partial charge in [0.2, 0.25) is 0 Å². The van der Waals surface area contributed by atoms with E-state index in [1.54, 1.807) is 17.4 Å². The zero-order valence-electron chi connectivity index (χ0n) is 8.22. The Morgan fingerprint density at radius 1 is 1.47 bits per heavy atom. The Bertz CT molecular complexity index is 430. The topological polar surface area (TPSA) is 29.0 Å². The van der Waals surface area contributed by atoms with Gasteiger partial charge in [0.25, 0.3) is 0 Å². The van der Waals surface area contributed by atoms with Crippen LogP contribution in [-0.2, 0) is 6.54 Å². The van der Waals surface area contributed by atoms with Gasteiger partial charge < -0.3 is 4.90 Å². The van der Waals surface area contributed by atoms with E-state index in [0.717, 1.165) is 18.1 Å². The van der Waals surface area contributed by atoms with Crippen molar-refractivity contribution >= 4 is 28.8 Å². The normalized spacial score (nSPS) is 10.3. The molecule has 0 N–H and O–H groups in total.